The fourth-order valence-electron chi connectivity index (χ4n) is 1.93. The van der Waals surface area contributed by atoms with Crippen LogP contribution in [0.4, 0.5) is 4.39 Å². The van der Waals surface area contributed by atoms with Gasteiger partial charge in [-0.3, -0.25) is 0 Å². The van der Waals surface area contributed by atoms with E-state index in [0.717, 1.165) is 0 Å². The number of fused-ring (bicyclic) bond motifs is 1. The maximum absolute atomic E-state index is 13.3. The monoisotopic (exact) mass is 335 g/mol. The van der Waals surface area contributed by atoms with Gasteiger partial charge in [-0.2, -0.15) is 0 Å². The Morgan fingerprint density at radius 2 is 2.10 bits per heavy atom. The van der Waals surface area contributed by atoms with E-state index in [1.807, 2.05) is 0 Å². The summed E-state index contributed by atoms with van der Waals surface area (Å²) >= 11 is 3.10. The number of hydrogen-bond acceptors (Lipinski definition) is 3. The van der Waals surface area contributed by atoms with Gasteiger partial charge < -0.3 is 5.11 Å². The van der Waals surface area contributed by atoms with Crippen LogP contribution in [0.2, 0.25) is 0 Å². The van der Waals surface area contributed by atoms with Crippen molar-refractivity contribution in [2.75, 3.05) is 0 Å². The van der Waals surface area contributed by atoms with Crippen molar-refractivity contribution < 1.29 is 14.3 Å². The molecule has 1 heterocycles. The molecule has 1 N–H and O–H groups in total. The number of carboxylic acids is 1. The Morgan fingerprint density at radius 3 is 2.80 bits per heavy atom. The van der Waals surface area contributed by atoms with Crippen molar-refractivity contribution in [2.24, 2.45) is 0 Å². The maximum Gasteiger partial charge on any atom is 0.338 e. The summed E-state index contributed by atoms with van der Waals surface area (Å²) in [6.45, 7) is 0. The van der Waals surface area contributed by atoms with E-state index in [4.69, 9.17) is 5.11 Å². The lowest BCUT2D eigenvalue weighted by molar-refractivity contribution is 0.0699. The smallest absolute Gasteiger partial charge is 0.338 e. The zero-order valence-electron chi connectivity index (χ0n) is 9.92. The SMILES string of the molecule is O=C(O)c1cccc2c1nnn2-c1ccc(F)c(Br)c1. The van der Waals surface area contributed by atoms with E-state index in [1.165, 1.54) is 16.8 Å². The first-order chi connectivity index (χ1) is 9.58. The highest BCUT2D eigenvalue weighted by Crippen LogP contribution is 2.23. The van der Waals surface area contributed by atoms with Gasteiger partial charge >= 0.3 is 5.97 Å². The fourth-order valence-corrected chi connectivity index (χ4v) is 2.29. The van der Waals surface area contributed by atoms with Crippen molar-refractivity contribution in [1.82, 2.24) is 15.0 Å². The molecule has 3 aromatic rings. The van der Waals surface area contributed by atoms with E-state index >= 15 is 0 Å². The number of aromatic nitrogens is 3. The number of carbonyl (C=O) groups is 1. The molecule has 1 aromatic heterocycles. The Hall–Kier alpha value is -2.28. The minimum Gasteiger partial charge on any atom is -0.478 e. The number of rotatable bonds is 2. The van der Waals surface area contributed by atoms with E-state index in [2.05, 4.69) is 26.2 Å². The summed E-state index contributed by atoms with van der Waals surface area (Å²) in [7, 11) is 0. The number of nitrogens with zero attached hydrogens (tertiary/aromatic N) is 3. The highest BCUT2D eigenvalue weighted by atomic mass is 79.9. The quantitative estimate of drug-likeness (QED) is 0.781. The Kier molecular flexibility index (Phi) is 2.98. The largest absolute Gasteiger partial charge is 0.478 e. The molecule has 3 rings (SSSR count). The van der Waals surface area contributed by atoms with Crippen LogP contribution in [0, 0.1) is 5.82 Å². The molecule has 0 atom stereocenters. The predicted octanol–water partition coefficient (Wildman–Crippen LogP) is 3.02. The molecule has 0 spiro atoms. The third-order valence-corrected chi connectivity index (χ3v) is 3.46. The summed E-state index contributed by atoms with van der Waals surface area (Å²) in [6, 6.07) is 9.18. The third kappa shape index (κ3) is 1.96. The van der Waals surface area contributed by atoms with Gasteiger partial charge in [0.05, 0.1) is 21.2 Å². The Labute approximate surface area is 120 Å². The van der Waals surface area contributed by atoms with Crippen molar-refractivity contribution >= 4 is 32.9 Å². The number of carboxylic acid groups (broad SMARTS) is 1. The summed E-state index contributed by atoms with van der Waals surface area (Å²) in [5, 5.41) is 16.9. The molecule has 0 aliphatic carbocycles. The second-order valence-corrected chi connectivity index (χ2v) is 4.93. The van der Waals surface area contributed by atoms with Crippen LogP contribution in [0.1, 0.15) is 10.4 Å². The molecule has 0 saturated heterocycles. The first-order valence-corrected chi connectivity index (χ1v) is 6.40. The van der Waals surface area contributed by atoms with Crippen LogP contribution in [-0.4, -0.2) is 26.1 Å². The number of aromatic carboxylic acids is 1. The first kappa shape index (κ1) is 12.7. The molecule has 0 aliphatic heterocycles. The molecular formula is C13H7BrFN3O2. The highest BCUT2D eigenvalue weighted by Gasteiger charge is 2.15. The van der Waals surface area contributed by atoms with E-state index in [9.17, 15) is 9.18 Å². The van der Waals surface area contributed by atoms with Crippen LogP contribution in [-0.2, 0) is 0 Å². The lowest BCUT2D eigenvalue weighted by Gasteiger charge is -2.03. The summed E-state index contributed by atoms with van der Waals surface area (Å²) in [5.74, 6) is -1.45. The van der Waals surface area contributed by atoms with E-state index < -0.39 is 5.97 Å². The van der Waals surface area contributed by atoms with Gasteiger partial charge in [0.25, 0.3) is 0 Å². The second-order valence-electron chi connectivity index (χ2n) is 4.08. The van der Waals surface area contributed by atoms with Gasteiger partial charge in [-0.1, -0.05) is 11.3 Å². The van der Waals surface area contributed by atoms with Crippen LogP contribution in [0.25, 0.3) is 16.7 Å². The van der Waals surface area contributed by atoms with E-state index in [-0.39, 0.29) is 11.4 Å². The zero-order chi connectivity index (χ0) is 14.3. The molecule has 5 nitrogen and oxygen atoms in total. The Morgan fingerprint density at radius 1 is 1.30 bits per heavy atom. The van der Waals surface area contributed by atoms with Gasteiger partial charge in [-0.05, 0) is 46.3 Å². The highest BCUT2D eigenvalue weighted by molar-refractivity contribution is 9.10. The van der Waals surface area contributed by atoms with Crippen molar-refractivity contribution in [2.45, 2.75) is 0 Å². The molecular weight excluding hydrogens is 329 g/mol. The first-order valence-electron chi connectivity index (χ1n) is 5.61. The van der Waals surface area contributed by atoms with Crippen LogP contribution in [0.5, 0.6) is 0 Å². The van der Waals surface area contributed by atoms with Crippen LogP contribution < -0.4 is 0 Å². The molecule has 20 heavy (non-hydrogen) atoms. The predicted molar refractivity (Wildman–Crippen MR) is 73.5 cm³/mol. The normalized spacial score (nSPS) is 10.9. The van der Waals surface area contributed by atoms with Crippen molar-refractivity contribution in [1.29, 1.82) is 0 Å². The van der Waals surface area contributed by atoms with Crippen LogP contribution in [0.3, 0.4) is 0 Å². The minimum atomic E-state index is -1.07. The standard InChI is InChI=1S/C13H7BrFN3O2/c14-9-6-7(4-5-10(9)15)18-11-3-1-2-8(13(19)20)12(11)16-17-18/h1-6H,(H,19,20). The van der Waals surface area contributed by atoms with Gasteiger partial charge in [0.2, 0.25) is 0 Å². The van der Waals surface area contributed by atoms with Gasteiger partial charge in [-0.25, -0.2) is 13.9 Å². The average Bonchev–Trinajstić information content (AvgIpc) is 2.85. The van der Waals surface area contributed by atoms with Crippen LogP contribution >= 0.6 is 15.9 Å². The summed E-state index contributed by atoms with van der Waals surface area (Å²) < 4.78 is 15.0. The lowest BCUT2D eigenvalue weighted by atomic mass is 10.2. The minimum absolute atomic E-state index is 0.0786. The fraction of sp³-hybridized carbons (Fsp3) is 0. The number of hydrogen-bond donors (Lipinski definition) is 1. The number of halogens is 2. The van der Waals surface area contributed by atoms with Gasteiger partial charge in [0.15, 0.2) is 0 Å². The van der Waals surface area contributed by atoms with E-state index in [1.54, 1.807) is 24.3 Å². The molecule has 0 radical (unpaired) electrons. The van der Waals surface area contributed by atoms with Crippen molar-refractivity contribution in [3.05, 3.63) is 52.3 Å². The summed E-state index contributed by atoms with van der Waals surface area (Å²) in [5.41, 5.74) is 1.50. The van der Waals surface area contributed by atoms with Crippen molar-refractivity contribution in [3.8, 4) is 5.69 Å². The van der Waals surface area contributed by atoms with Gasteiger partial charge in [0.1, 0.15) is 11.3 Å². The lowest BCUT2D eigenvalue weighted by Crippen LogP contribution is -1.99. The molecule has 100 valence electrons. The summed E-state index contributed by atoms with van der Waals surface area (Å²) in [6.07, 6.45) is 0. The Bertz CT molecular complexity index is 832. The Balaban J connectivity index is 2.25. The average molecular weight is 336 g/mol. The number of benzene rings is 2. The topological polar surface area (TPSA) is 68.0 Å². The van der Waals surface area contributed by atoms with Crippen LogP contribution in [0.15, 0.2) is 40.9 Å². The molecule has 0 fully saturated rings. The molecule has 2 aromatic carbocycles. The molecule has 7 heteroatoms. The maximum atomic E-state index is 13.3. The molecule has 0 saturated carbocycles. The zero-order valence-corrected chi connectivity index (χ0v) is 11.5. The molecule has 0 amide bonds. The molecule has 0 unspecified atom stereocenters. The molecule has 0 bridgehead atoms. The summed E-state index contributed by atoms with van der Waals surface area (Å²) in [4.78, 5) is 11.1. The third-order valence-electron chi connectivity index (χ3n) is 2.86. The van der Waals surface area contributed by atoms with Crippen molar-refractivity contribution in [3.63, 3.8) is 0 Å². The van der Waals surface area contributed by atoms with Gasteiger partial charge in [-0.15, -0.1) is 5.10 Å². The van der Waals surface area contributed by atoms with E-state index in [0.29, 0.717) is 21.2 Å². The molecule has 0 aliphatic rings. The van der Waals surface area contributed by atoms with Gasteiger partial charge in [0, 0.05) is 0 Å². The second kappa shape index (κ2) is 4.68.